The Morgan fingerprint density at radius 3 is 2.62 bits per heavy atom. The fourth-order valence-electron chi connectivity index (χ4n) is 3.41. The third-order valence-electron chi connectivity index (χ3n) is 4.90. The number of benzene rings is 1. The summed E-state index contributed by atoms with van der Waals surface area (Å²) in [6.07, 6.45) is 5.47. The van der Waals surface area contributed by atoms with E-state index in [1.54, 1.807) is 0 Å². The van der Waals surface area contributed by atoms with E-state index in [0.717, 1.165) is 25.6 Å². The first kappa shape index (κ1) is 13.9. The maximum Gasteiger partial charge on any atom is 0.193 e. The van der Waals surface area contributed by atoms with Crippen LogP contribution in [0, 0.1) is 16.7 Å². The molecule has 21 heavy (non-hydrogen) atoms. The van der Waals surface area contributed by atoms with Gasteiger partial charge in [-0.3, -0.25) is 4.99 Å². The molecule has 1 saturated carbocycles. The fourth-order valence-corrected chi connectivity index (χ4v) is 3.41. The quantitative estimate of drug-likeness (QED) is 0.670. The first-order valence-corrected chi connectivity index (χ1v) is 7.69. The molecule has 1 spiro atoms. The van der Waals surface area contributed by atoms with Crippen LogP contribution in [0.2, 0.25) is 0 Å². The van der Waals surface area contributed by atoms with E-state index in [-0.39, 0.29) is 0 Å². The van der Waals surface area contributed by atoms with Gasteiger partial charge in [0.05, 0.1) is 11.6 Å². The lowest BCUT2D eigenvalue weighted by molar-refractivity contribution is 0.151. The van der Waals surface area contributed by atoms with Gasteiger partial charge >= 0.3 is 0 Å². The van der Waals surface area contributed by atoms with Crippen molar-refractivity contribution in [3.8, 4) is 6.07 Å². The summed E-state index contributed by atoms with van der Waals surface area (Å²) in [5.74, 6) is 1.00. The van der Waals surface area contributed by atoms with E-state index in [9.17, 15) is 0 Å². The third kappa shape index (κ3) is 2.87. The molecule has 0 atom stereocenters. The zero-order valence-corrected chi connectivity index (χ0v) is 12.6. The summed E-state index contributed by atoms with van der Waals surface area (Å²) >= 11 is 0. The molecule has 1 aliphatic carbocycles. The molecule has 1 aromatic carbocycles. The number of likely N-dealkylation sites (tertiary alicyclic amines) is 1. The average Bonchev–Trinajstić information content (AvgIpc) is 2.94. The molecule has 1 heterocycles. The van der Waals surface area contributed by atoms with Crippen molar-refractivity contribution in [2.24, 2.45) is 10.4 Å². The van der Waals surface area contributed by atoms with E-state index in [0.29, 0.717) is 11.0 Å². The van der Waals surface area contributed by atoms with Crippen molar-refractivity contribution in [3.05, 3.63) is 35.4 Å². The standard InChI is InChI=1S/C17H22N4/c1-19-16(21-10-9-17(13-21)7-2-8-17)20-12-15-5-3-14(11-18)4-6-15/h3-6H,2,7-10,12-13H2,1H3,(H,19,20). The summed E-state index contributed by atoms with van der Waals surface area (Å²) in [7, 11) is 1.85. The fraction of sp³-hybridized carbons (Fsp3) is 0.529. The van der Waals surface area contributed by atoms with Gasteiger partial charge in [-0.05, 0) is 42.4 Å². The molecule has 2 fully saturated rings. The molecular weight excluding hydrogens is 260 g/mol. The van der Waals surface area contributed by atoms with Gasteiger partial charge in [-0.15, -0.1) is 0 Å². The number of rotatable bonds is 2. The Labute approximate surface area is 126 Å². The smallest absolute Gasteiger partial charge is 0.193 e. The molecule has 1 aliphatic heterocycles. The van der Waals surface area contributed by atoms with Crippen LogP contribution in [0.15, 0.2) is 29.3 Å². The largest absolute Gasteiger partial charge is 0.352 e. The number of guanidine groups is 1. The van der Waals surface area contributed by atoms with Gasteiger partial charge in [-0.25, -0.2) is 0 Å². The van der Waals surface area contributed by atoms with E-state index in [1.807, 2.05) is 31.3 Å². The van der Waals surface area contributed by atoms with Crippen molar-refractivity contribution in [3.63, 3.8) is 0 Å². The predicted molar refractivity (Wildman–Crippen MR) is 83.8 cm³/mol. The molecule has 0 unspecified atom stereocenters. The van der Waals surface area contributed by atoms with Crippen LogP contribution in [0.4, 0.5) is 0 Å². The lowest BCUT2D eigenvalue weighted by atomic mass is 9.68. The molecule has 4 heteroatoms. The van der Waals surface area contributed by atoms with Crippen LogP contribution in [0.25, 0.3) is 0 Å². The highest BCUT2D eigenvalue weighted by Gasteiger charge is 2.43. The minimum absolute atomic E-state index is 0.589. The Bertz CT molecular complexity index is 563. The van der Waals surface area contributed by atoms with Crippen molar-refractivity contribution in [1.82, 2.24) is 10.2 Å². The molecule has 3 rings (SSSR count). The number of hydrogen-bond acceptors (Lipinski definition) is 2. The van der Waals surface area contributed by atoms with Crippen LogP contribution in [-0.4, -0.2) is 31.0 Å². The lowest BCUT2D eigenvalue weighted by Gasteiger charge is -2.38. The summed E-state index contributed by atoms with van der Waals surface area (Å²) in [5.41, 5.74) is 2.47. The highest BCUT2D eigenvalue weighted by atomic mass is 15.3. The molecule has 1 aromatic rings. The second-order valence-corrected chi connectivity index (χ2v) is 6.23. The Hall–Kier alpha value is -2.02. The molecule has 0 amide bonds. The monoisotopic (exact) mass is 282 g/mol. The van der Waals surface area contributed by atoms with Gasteiger partial charge in [-0.2, -0.15) is 5.26 Å². The summed E-state index contributed by atoms with van der Waals surface area (Å²) in [5, 5.41) is 12.3. The first-order valence-electron chi connectivity index (χ1n) is 7.69. The molecule has 4 nitrogen and oxygen atoms in total. The second-order valence-electron chi connectivity index (χ2n) is 6.23. The maximum absolute atomic E-state index is 8.81. The molecule has 2 aliphatic rings. The minimum atomic E-state index is 0.589. The van der Waals surface area contributed by atoms with Crippen LogP contribution in [0.3, 0.4) is 0 Å². The average molecular weight is 282 g/mol. The highest BCUT2D eigenvalue weighted by molar-refractivity contribution is 5.80. The molecule has 1 N–H and O–H groups in total. The van der Waals surface area contributed by atoms with Gasteiger partial charge in [0.1, 0.15) is 0 Å². The predicted octanol–water partition coefficient (Wildman–Crippen LogP) is 2.51. The van der Waals surface area contributed by atoms with E-state index >= 15 is 0 Å². The van der Waals surface area contributed by atoms with E-state index < -0.39 is 0 Å². The van der Waals surface area contributed by atoms with Crippen LogP contribution in [0.5, 0.6) is 0 Å². The summed E-state index contributed by atoms with van der Waals surface area (Å²) < 4.78 is 0. The summed E-state index contributed by atoms with van der Waals surface area (Å²) in [6, 6.07) is 9.86. The van der Waals surface area contributed by atoms with Gasteiger partial charge in [0.25, 0.3) is 0 Å². The van der Waals surface area contributed by atoms with Crippen molar-refractivity contribution in [2.75, 3.05) is 20.1 Å². The summed E-state index contributed by atoms with van der Waals surface area (Å²) in [4.78, 5) is 6.81. The van der Waals surface area contributed by atoms with Gasteiger partial charge in [-0.1, -0.05) is 18.6 Å². The van der Waals surface area contributed by atoms with E-state index in [1.165, 1.54) is 31.2 Å². The Kier molecular flexibility index (Phi) is 3.83. The Morgan fingerprint density at radius 1 is 1.33 bits per heavy atom. The molecule has 110 valence electrons. The van der Waals surface area contributed by atoms with Gasteiger partial charge in [0, 0.05) is 26.7 Å². The zero-order valence-electron chi connectivity index (χ0n) is 12.6. The molecule has 0 radical (unpaired) electrons. The van der Waals surface area contributed by atoms with Gasteiger partial charge < -0.3 is 10.2 Å². The highest BCUT2D eigenvalue weighted by Crippen LogP contribution is 2.47. The Morgan fingerprint density at radius 2 is 2.10 bits per heavy atom. The SMILES string of the molecule is CN=C(NCc1ccc(C#N)cc1)N1CCC2(CCC2)C1. The minimum Gasteiger partial charge on any atom is -0.352 e. The molecule has 0 aromatic heterocycles. The normalized spacial score (nSPS) is 20.2. The van der Waals surface area contributed by atoms with E-state index in [2.05, 4.69) is 21.3 Å². The lowest BCUT2D eigenvalue weighted by Crippen LogP contribution is -2.42. The number of hydrogen-bond donors (Lipinski definition) is 1. The number of nitriles is 1. The second kappa shape index (κ2) is 5.77. The van der Waals surface area contributed by atoms with Crippen molar-refractivity contribution in [2.45, 2.75) is 32.2 Å². The number of nitrogens with one attached hydrogen (secondary N) is 1. The molecule has 0 bridgehead atoms. The van der Waals surface area contributed by atoms with Crippen LogP contribution in [0.1, 0.15) is 36.8 Å². The zero-order chi connectivity index (χ0) is 14.7. The number of nitrogens with zero attached hydrogens (tertiary/aromatic N) is 3. The third-order valence-corrected chi connectivity index (χ3v) is 4.90. The topological polar surface area (TPSA) is 51.4 Å². The first-order chi connectivity index (χ1) is 10.2. The van der Waals surface area contributed by atoms with Crippen LogP contribution >= 0.6 is 0 Å². The summed E-state index contributed by atoms with van der Waals surface area (Å²) in [6.45, 7) is 3.02. The number of aliphatic imine (C=N–C) groups is 1. The van der Waals surface area contributed by atoms with E-state index in [4.69, 9.17) is 5.26 Å². The molecular formula is C17H22N4. The van der Waals surface area contributed by atoms with Gasteiger partial charge in [0.15, 0.2) is 5.96 Å². The van der Waals surface area contributed by atoms with Gasteiger partial charge in [0.2, 0.25) is 0 Å². The Balaban J connectivity index is 1.56. The van der Waals surface area contributed by atoms with Crippen LogP contribution in [-0.2, 0) is 6.54 Å². The van der Waals surface area contributed by atoms with Crippen molar-refractivity contribution in [1.29, 1.82) is 5.26 Å². The van der Waals surface area contributed by atoms with Crippen LogP contribution < -0.4 is 5.32 Å². The van der Waals surface area contributed by atoms with Crippen molar-refractivity contribution < 1.29 is 0 Å². The molecule has 1 saturated heterocycles. The van der Waals surface area contributed by atoms with Crippen molar-refractivity contribution >= 4 is 5.96 Å². The maximum atomic E-state index is 8.81.